The predicted octanol–water partition coefficient (Wildman–Crippen LogP) is 1.40. The Hall–Kier alpha value is -1.16. The summed E-state index contributed by atoms with van der Waals surface area (Å²) in [7, 11) is 4.16. The molecule has 4 nitrogen and oxygen atoms in total. The van der Waals surface area contributed by atoms with Crippen LogP contribution in [0.25, 0.3) is 0 Å². The van der Waals surface area contributed by atoms with Crippen LogP contribution < -0.4 is 0 Å². The minimum atomic E-state index is 0.260. The number of nitrogens with zero attached hydrogens (tertiary/aromatic N) is 3. The first-order chi connectivity index (χ1) is 8.65. The predicted molar refractivity (Wildman–Crippen MR) is 69.2 cm³/mol. The first-order valence-electron chi connectivity index (χ1n) is 6.86. The van der Waals surface area contributed by atoms with Gasteiger partial charge in [-0.1, -0.05) is 0 Å². The van der Waals surface area contributed by atoms with E-state index in [0.29, 0.717) is 24.3 Å². The Bertz CT molecular complexity index is 440. The van der Waals surface area contributed by atoms with Crippen molar-refractivity contribution in [3.63, 3.8) is 0 Å². The Morgan fingerprint density at radius 3 is 2.56 bits per heavy atom. The number of ketones is 1. The summed E-state index contributed by atoms with van der Waals surface area (Å²) in [6.07, 6.45) is 8.81. The Balaban J connectivity index is 1.66. The highest BCUT2D eigenvalue weighted by Crippen LogP contribution is 2.37. The number of Topliss-reactive ketones (excluding diaryl/α,β-unsaturated/α-hetero) is 1. The van der Waals surface area contributed by atoms with E-state index >= 15 is 0 Å². The molecule has 3 rings (SSSR count). The summed E-state index contributed by atoms with van der Waals surface area (Å²) in [6.45, 7) is 0. The number of rotatable bonds is 3. The molecule has 0 aliphatic carbocycles. The first-order valence-corrected chi connectivity index (χ1v) is 6.86. The van der Waals surface area contributed by atoms with Gasteiger partial charge in [-0.05, 0) is 32.7 Å². The Labute approximate surface area is 108 Å². The molecule has 98 valence electrons. The number of hydrogen-bond donors (Lipinski definition) is 0. The van der Waals surface area contributed by atoms with E-state index in [1.807, 2.05) is 17.8 Å². The highest BCUT2D eigenvalue weighted by molar-refractivity contribution is 5.82. The number of carbonyl (C=O) groups excluding carboxylic acids is 1. The summed E-state index contributed by atoms with van der Waals surface area (Å²) >= 11 is 0. The largest absolute Gasteiger partial charge is 0.338 e. The van der Waals surface area contributed by atoms with Gasteiger partial charge in [0.2, 0.25) is 0 Å². The summed E-state index contributed by atoms with van der Waals surface area (Å²) in [5.41, 5.74) is 0. The fraction of sp³-hybridized carbons (Fsp3) is 0.714. The molecule has 2 atom stereocenters. The number of hydrogen-bond acceptors (Lipinski definition) is 3. The fourth-order valence-corrected chi connectivity index (χ4v) is 3.54. The number of imidazole rings is 1. The Morgan fingerprint density at radius 1 is 1.33 bits per heavy atom. The van der Waals surface area contributed by atoms with E-state index < -0.39 is 0 Å². The molecule has 2 bridgehead atoms. The molecule has 1 aromatic rings. The maximum absolute atomic E-state index is 12.4. The number of aryl methyl sites for hydroxylation is 1. The van der Waals surface area contributed by atoms with E-state index in [2.05, 4.69) is 16.9 Å². The van der Waals surface area contributed by atoms with E-state index in [4.69, 9.17) is 0 Å². The van der Waals surface area contributed by atoms with Crippen LogP contribution in [0.3, 0.4) is 0 Å². The fourth-order valence-electron chi connectivity index (χ4n) is 3.54. The molecule has 2 aliphatic rings. The van der Waals surface area contributed by atoms with Crippen LogP contribution >= 0.6 is 0 Å². The van der Waals surface area contributed by atoms with Gasteiger partial charge >= 0.3 is 0 Å². The van der Waals surface area contributed by atoms with Gasteiger partial charge in [0.1, 0.15) is 11.6 Å². The van der Waals surface area contributed by atoms with Gasteiger partial charge in [-0.25, -0.2) is 4.98 Å². The van der Waals surface area contributed by atoms with Crippen molar-refractivity contribution in [1.29, 1.82) is 0 Å². The van der Waals surface area contributed by atoms with Gasteiger partial charge in [0.15, 0.2) is 0 Å². The summed E-state index contributed by atoms with van der Waals surface area (Å²) < 4.78 is 1.95. The van der Waals surface area contributed by atoms with Crippen molar-refractivity contribution in [2.75, 3.05) is 7.05 Å². The third kappa shape index (κ3) is 1.99. The van der Waals surface area contributed by atoms with E-state index in [0.717, 1.165) is 18.7 Å². The van der Waals surface area contributed by atoms with E-state index in [-0.39, 0.29) is 5.92 Å². The number of piperidine rings is 1. The monoisotopic (exact) mass is 247 g/mol. The van der Waals surface area contributed by atoms with Gasteiger partial charge in [-0.3, -0.25) is 4.79 Å². The average Bonchev–Trinajstić information content (AvgIpc) is 2.80. The Kier molecular flexibility index (Phi) is 2.98. The molecule has 2 aliphatic heterocycles. The van der Waals surface area contributed by atoms with Gasteiger partial charge in [0, 0.05) is 37.4 Å². The SMILES string of the molecule is CN1C2CCC1CC(C(=O)Cc1nccn1C)C2. The van der Waals surface area contributed by atoms with Crippen molar-refractivity contribution in [3.8, 4) is 0 Å². The van der Waals surface area contributed by atoms with Crippen molar-refractivity contribution in [1.82, 2.24) is 14.5 Å². The molecule has 18 heavy (non-hydrogen) atoms. The molecule has 0 radical (unpaired) electrons. The highest BCUT2D eigenvalue weighted by atomic mass is 16.1. The standard InChI is InChI=1S/C14H21N3O/c1-16-6-5-15-14(16)9-13(18)10-7-11-3-4-12(8-10)17(11)2/h5-6,10-12H,3-4,7-9H2,1-2H3. The topological polar surface area (TPSA) is 38.1 Å². The van der Waals surface area contributed by atoms with Gasteiger partial charge in [0.25, 0.3) is 0 Å². The molecular formula is C14H21N3O. The van der Waals surface area contributed by atoms with E-state index in [1.165, 1.54) is 12.8 Å². The maximum Gasteiger partial charge on any atom is 0.143 e. The zero-order valence-electron chi connectivity index (χ0n) is 11.2. The zero-order chi connectivity index (χ0) is 12.7. The molecule has 4 heteroatoms. The van der Waals surface area contributed by atoms with E-state index in [9.17, 15) is 4.79 Å². The van der Waals surface area contributed by atoms with Gasteiger partial charge in [-0.2, -0.15) is 0 Å². The molecule has 2 saturated heterocycles. The zero-order valence-corrected chi connectivity index (χ0v) is 11.2. The summed E-state index contributed by atoms with van der Waals surface area (Å²) in [5.74, 6) is 1.54. The molecule has 2 fully saturated rings. The van der Waals surface area contributed by atoms with Gasteiger partial charge in [-0.15, -0.1) is 0 Å². The third-order valence-electron chi connectivity index (χ3n) is 4.81. The molecule has 0 saturated carbocycles. The maximum atomic E-state index is 12.4. The highest BCUT2D eigenvalue weighted by Gasteiger charge is 2.40. The normalized spacial score (nSPS) is 31.8. The second kappa shape index (κ2) is 4.50. The molecular weight excluding hydrogens is 226 g/mol. The van der Waals surface area contributed by atoms with Crippen LogP contribution in [0.5, 0.6) is 0 Å². The van der Waals surface area contributed by atoms with Crippen LogP contribution in [0.2, 0.25) is 0 Å². The minimum Gasteiger partial charge on any atom is -0.338 e. The molecule has 2 unspecified atom stereocenters. The van der Waals surface area contributed by atoms with E-state index in [1.54, 1.807) is 6.20 Å². The second-order valence-corrected chi connectivity index (χ2v) is 5.82. The van der Waals surface area contributed by atoms with Crippen LogP contribution in [-0.4, -0.2) is 39.4 Å². The number of fused-ring (bicyclic) bond motifs is 2. The molecule has 0 aromatic carbocycles. The van der Waals surface area contributed by atoms with Crippen molar-refractivity contribution in [2.45, 2.75) is 44.2 Å². The number of aromatic nitrogens is 2. The van der Waals surface area contributed by atoms with Gasteiger partial charge in [0.05, 0.1) is 6.42 Å². The van der Waals surface area contributed by atoms with Crippen molar-refractivity contribution in [2.24, 2.45) is 13.0 Å². The lowest BCUT2D eigenvalue weighted by Crippen LogP contribution is -2.42. The summed E-state index contributed by atoms with van der Waals surface area (Å²) in [6, 6.07) is 1.28. The van der Waals surface area contributed by atoms with Crippen LogP contribution in [0, 0.1) is 5.92 Å². The summed E-state index contributed by atoms with van der Waals surface area (Å²) in [4.78, 5) is 19.1. The average molecular weight is 247 g/mol. The van der Waals surface area contributed by atoms with Crippen LogP contribution in [-0.2, 0) is 18.3 Å². The second-order valence-electron chi connectivity index (χ2n) is 5.82. The van der Waals surface area contributed by atoms with Crippen LogP contribution in [0.15, 0.2) is 12.4 Å². The smallest absolute Gasteiger partial charge is 0.143 e. The first kappa shape index (κ1) is 11.9. The quantitative estimate of drug-likeness (QED) is 0.810. The lowest BCUT2D eigenvalue weighted by molar-refractivity contribution is -0.124. The van der Waals surface area contributed by atoms with Crippen molar-refractivity contribution in [3.05, 3.63) is 18.2 Å². The van der Waals surface area contributed by atoms with Crippen molar-refractivity contribution >= 4 is 5.78 Å². The van der Waals surface area contributed by atoms with Gasteiger partial charge < -0.3 is 9.47 Å². The molecule has 0 spiro atoms. The lowest BCUT2D eigenvalue weighted by Gasteiger charge is -2.35. The number of carbonyl (C=O) groups is 1. The Morgan fingerprint density at radius 2 is 2.00 bits per heavy atom. The molecule has 1 aromatic heterocycles. The molecule has 3 heterocycles. The van der Waals surface area contributed by atoms with Crippen LogP contribution in [0.4, 0.5) is 0 Å². The summed E-state index contributed by atoms with van der Waals surface area (Å²) in [5, 5.41) is 0. The lowest BCUT2D eigenvalue weighted by atomic mass is 9.86. The van der Waals surface area contributed by atoms with Crippen molar-refractivity contribution < 1.29 is 4.79 Å². The molecule has 0 N–H and O–H groups in total. The van der Waals surface area contributed by atoms with Crippen LogP contribution in [0.1, 0.15) is 31.5 Å². The minimum absolute atomic E-state index is 0.260. The third-order valence-corrected chi connectivity index (χ3v) is 4.81. The molecule has 0 amide bonds.